The van der Waals surface area contributed by atoms with Gasteiger partial charge in [0.05, 0.1) is 12.7 Å². The fourth-order valence-corrected chi connectivity index (χ4v) is 1.59. The van der Waals surface area contributed by atoms with E-state index < -0.39 is 6.04 Å². The van der Waals surface area contributed by atoms with Gasteiger partial charge in [0.15, 0.2) is 0 Å². The van der Waals surface area contributed by atoms with E-state index in [-0.39, 0.29) is 5.91 Å². The molecule has 0 spiro atoms. The van der Waals surface area contributed by atoms with E-state index in [0.29, 0.717) is 24.3 Å². The van der Waals surface area contributed by atoms with Crippen molar-refractivity contribution in [3.05, 3.63) is 29.8 Å². The highest BCUT2D eigenvalue weighted by molar-refractivity contribution is 5.94. The van der Waals surface area contributed by atoms with Crippen molar-refractivity contribution in [2.75, 3.05) is 6.61 Å². The van der Waals surface area contributed by atoms with E-state index in [2.05, 4.69) is 11.4 Å². The van der Waals surface area contributed by atoms with Crippen LogP contribution in [0.4, 0.5) is 0 Å². The molecule has 18 heavy (non-hydrogen) atoms. The minimum absolute atomic E-state index is 0.239. The zero-order chi connectivity index (χ0) is 13.4. The summed E-state index contributed by atoms with van der Waals surface area (Å²) in [6.07, 6.45) is 1.52. The summed E-state index contributed by atoms with van der Waals surface area (Å²) in [6.45, 7) is 4.42. The Hall–Kier alpha value is -2.02. The third-order valence-corrected chi connectivity index (χ3v) is 2.45. The average Bonchev–Trinajstić information content (AvgIpc) is 2.39. The van der Waals surface area contributed by atoms with Crippen molar-refractivity contribution in [2.45, 2.75) is 32.7 Å². The lowest BCUT2D eigenvalue weighted by atomic mass is 10.1. The van der Waals surface area contributed by atoms with E-state index in [1.807, 2.05) is 13.8 Å². The van der Waals surface area contributed by atoms with Crippen molar-refractivity contribution in [3.8, 4) is 11.8 Å². The molecule has 1 rings (SSSR count). The van der Waals surface area contributed by atoms with Crippen LogP contribution in [0.1, 0.15) is 37.0 Å². The smallest absolute Gasteiger partial charge is 0.252 e. The predicted molar refractivity (Wildman–Crippen MR) is 69.4 cm³/mol. The number of ether oxygens (including phenoxy) is 1. The van der Waals surface area contributed by atoms with Gasteiger partial charge in [0.25, 0.3) is 5.91 Å². The van der Waals surface area contributed by atoms with E-state index in [1.165, 1.54) is 0 Å². The van der Waals surface area contributed by atoms with Crippen LogP contribution in [-0.4, -0.2) is 18.6 Å². The number of nitrogens with one attached hydrogen (secondary N) is 1. The van der Waals surface area contributed by atoms with Crippen LogP contribution >= 0.6 is 0 Å². The highest BCUT2D eigenvalue weighted by atomic mass is 16.5. The minimum Gasteiger partial charge on any atom is -0.494 e. The van der Waals surface area contributed by atoms with Crippen molar-refractivity contribution in [2.24, 2.45) is 0 Å². The van der Waals surface area contributed by atoms with Gasteiger partial charge >= 0.3 is 0 Å². The fourth-order valence-electron chi connectivity index (χ4n) is 1.59. The summed E-state index contributed by atoms with van der Waals surface area (Å²) < 4.78 is 5.33. The summed E-state index contributed by atoms with van der Waals surface area (Å²) in [5, 5.41) is 11.6. The number of nitrogens with zero attached hydrogens (tertiary/aromatic N) is 1. The molecule has 1 atom stereocenters. The summed E-state index contributed by atoms with van der Waals surface area (Å²) in [7, 11) is 0. The first-order valence-corrected chi connectivity index (χ1v) is 6.14. The molecule has 0 aliphatic carbocycles. The summed E-state index contributed by atoms with van der Waals surface area (Å²) in [5.41, 5.74) is 0.511. The summed E-state index contributed by atoms with van der Waals surface area (Å²) in [6, 6.07) is 8.60. The van der Waals surface area contributed by atoms with Gasteiger partial charge in [-0.15, -0.1) is 0 Å². The molecule has 0 aromatic heterocycles. The number of carbonyl (C=O) groups excluding carboxylic acids is 1. The normalized spacial score (nSPS) is 11.4. The lowest BCUT2D eigenvalue weighted by Gasteiger charge is -2.11. The van der Waals surface area contributed by atoms with Gasteiger partial charge in [-0.2, -0.15) is 5.26 Å². The van der Waals surface area contributed by atoms with Crippen molar-refractivity contribution in [1.82, 2.24) is 5.32 Å². The quantitative estimate of drug-likeness (QED) is 0.838. The molecule has 0 saturated carbocycles. The van der Waals surface area contributed by atoms with Crippen LogP contribution in [-0.2, 0) is 0 Å². The molecule has 0 saturated heterocycles. The molecular weight excluding hydrogens is 228 g/mol. The van der Waals surface area contributed by atoms with Crippen LogP contribution in [0.3, 0.4) is 0 Å². The van der Waals surface area contributed by atoms with E-state index >= 15 is 0 Å². The third kappa shape index (κ3) is 4.10. The number of rotatable bonds is 6. The Balaban J connectivity index is 2.71. The standard InChI is InChI=1S/C14H18N2O2/c1-3-6-12(10-15)16-14(17)11-7-5-8-13(9-11)18-4-2/h5,7-9,12H,3-4,6H2,1-2H3,(H,16,17). The average molecular weight is 246 g/mol. The highest BCUT2D eigenvalue weighted by Crippen LogP contribution is 2.13. The Labute approximate surface area is 108 Å². The fraction of sp³-hybridized carbons (Fsp3) is 0.429. The lowest BCUT2D eigenvalue weighted by molar-refractivity contribution is 0.0943. The molecule has 1 N–H and O–H groups in total. The summed E-state index contributed by atoms with van der Waals surface area (Å²) in [4.78, 5) is 11.9. The molecule has 1 aromatic carbocycles. The van der Waals surface area contributed by atoms with E-state index in [1.54, 1.807) is 24.3 Å². The summed E-state index contributed by atoms with van der Waals surface area (Å²) >= 11 is 0. The SMILES string of the molecule is CCCC(C#N)NC(=O)c1cccc(OCC)c1. The predicted octanol–water partition coefficient (Wildman–Crippen LogP) is 2.51. The zero-order valence-electron chi connectivity index (χ0n) is 10.8. The van der Waals surface area contributed by atoms with Gasteiger partial charge in [-0.05, 0) is 31.5 Å². The Morgan fingerprint density at radius 1 is 1.50 bits per heavy atom. The molecule has 1 aromatic rings. The maximum atomic E-state index is 11.9. The van der Waals surface area contributed by atoms with Gasteiger partial charge in [0.1, 0.15) is 11.8 Å². The van der Waals surface area contributed by atoms with E-state index in [4.69, 9.17) is 10.00 Å². The number of hydrogen-bond acceptors (Lipinski definition) is 3. The number of hydrogen-bond donors (Lipinski definition) is 1. The lowest BCUT2D eigenvalue weighted by Crippen LogP contribution is -2.33. The second-order valence-corrected chi connectivity index (χ2v) is 3.90. The summed E-state index contributed by atoms with van der Waals surface area (Å²) in [5.74, 6) is 0.422. The number of benzene rings is 1. The third-order valence-electron chi connectivity index (χ3n) is 2.45. The molecule has 96 valence electrons. The van der Waals surface area contributed by atoms with Crippen LogP contribution in [0.15, 0.2) is 24.3 Å². The maximum absolute atomic E-state index is 11.9. The molecule has 1 amide bonds. The van der Waals surface area contributed by atoms with E-state index in [0.717, 1.165) is 6.42 Å². The van der Waals surface area contributed by atoms with Gasteiger partial charge in [-0.25, -0.2) is 0 Å². The molecule has 0 bridgehead atoms. The number of nitriles is 1. The van der Waals surface area contributed by atoms with Gasteiger partial charge in [-0.3, -0.25) is 4.79 Å². The first-order chi connectivity index (χ1) is 8.71. The maximum Gasteiger partial charge on any atom is 0.252 e. The Morgan fingerprint density at radius 3 is 2.89 bits per heavy atom. The number of carbonyl (C=O) groups is 1. The topological polar surface area (TPSA) is 62.1 Å². The second kappa shape index (κ2) is 7.33. The Kier molecular flexibility index (Phi) is 5.72. The molecule has 0 fully saturated rings. The van der Waals surface area contributed by atoms with Crippen molar-refractivity contribution >= 4 is 5.91 Å². The highest BCUT2D eigenvalue weighted by Gasteiger charge is 2.12. The molecular formula is C14H18N2O2. The monoisotopic (exact) mass is 246 g/mol. The van der Waals surface area contributed by atoms with Crippen molar-refractivity contribution in [3.63, 3.8) is 0 Å². The molecule has 0 heterocycles. The largest absolute Gasteiger partial charge is 0.494 e. The molecule has 4 nitrogen and oxygen atoms in total. The molecule has 0 radical (unpaired) electrons. The Morgan fingerprint density at radius 2 is 2.28 bits per heavy atom. The van der Waals surface area contributed by atoms with Crippen molar-refractivity contribution < 1.29 is 9.53 Å². The van der Waals surface area contributed by atoms with Gasteiger partial charge in [-0.1, -0.05) is 19.4 Å². The van der Waals surface area contributed by atoms with Gasteiger partial charge in [0.2, 0.25) is 0 Å². The van der Waals surface area contributed by atoms with Gasteiger partial charge < -0.3 is 10.1 Å². The number of amides is 1. The van der Waals surface area contributed by atoms with Crippen LogP contribution in [0.5, 0.6) is 5.75 Å². The minimum atomic E-state index is -0.432. The Bertz CT molecular complexity index is 438. The van der Waals surface area contributed by atoms with Crippen LogP contribution < -0.4 is 10.1 Å². The van der Waals surface area contributed by atoms with Crippen LogP contribution in [0, 0.1) is 11.3 Å². The molecule has 4 heteroatoms. The van der Waals surface area contributed by atoms with Gasteiger partial charge in [0, 0.05) is 5.56 Å². The first kappa shape index (κ1) is 14.0. The van der Waals surface area contributed by atoms with Crippen LogP contribution in [0.25, 0.3) is 0 Å². The first-order valence-electron chi connectivity index (χ1n) is 6.14. The van der Waals surface area contributed by atoms with E-state index in [9.17, 15) is 4.79 Å². The zero-order valence-corrected chi connectivity index (χ0v) is 10.8. The molecule has 0 aliphatic heterocycles. The van der Waals surface area contributed by atoms with Crippen LogP contribution in [0.2, 0.25) is 0 Å². The molecule has 1 unspecified atom stereocenters. The second-order valence-electron chi connectivity index (χ2n) is 3.90. The van der Waals surface area contributed by atoms with Crippen molar-refractivity contribution in [1.29, 1.82) is 5.26 Å². The molecule has 0 aliphatic rings.